The Bertz CT molecular complexity index is 600. The smallest absolute Gasteiger partial charge is 0.308 e. The molecule has 1 amide bonds. The Morgan fingerprint density at radius 2 is 2.00 bits per heavy atom. The molecule has 1 aromatic carbocycles. The number of benzene rings is 1. The summed E-state index contributed by atoms with van der Waals surface area (Å²) in [6, 6.07) is 3.14. The van der Waals surface area contributed by atoms with Gasteiger partial charge in [-0.05, 0) is 18.9 Å². The molecule has 7 heteroatoms. The van der Waals surface area contributed by atoms with E-state index in [1.165, 1.54) is 13.0 Å². The molecule has 0 radical (unpaired) electrons. The van der Waals surface area contributed by atoms with Crippen molar-refractivity contribution in [2.24, 2.45) is 5.92 Å². The highest BCUT2D eigenvalue weighted by Gasteiger charge is 2.43. The van der Waals surface area contributed by atoms with Crippen LogP contribution >= 0.6 is 0 Å². The van der Waals surface area contributed by atoms with Gasteiger partial charge < -0.3 is 15.2 Å². The van der Waals surface area contributed by atoms with Crippen LogP contribution in [-0.2, 0) is 19.7 Å². The monoisotopic (exact) mass is 327 g/mol. The Balaban J connectivity index is 2.28. The summed E-state index contributed by atoms with van der Waals surface area (Å²) in [5.41, 5.74) is -1.06. The predicted octanol–water partition coefficient (Wildman–Crippen LogP) is 1.85. The van der Waals surface area contributed by atoms with Gasteiger partial charge in [0.15, 0.2) is 0 Å². The van der Waals surface area contributed by atoms with Crippen LogP contribution in [0.2, 0.25) is 0 Å². The highest BCUT2D eigenvalue weighted by Crippen LogP contribution is 2.37. The minimum atomic E-state index is -1.17. The molecule has 0 unspecified atom stereocenters. The molecule has 2 N–H and O–H groups in total. The van der Waals surface area contributed by atoms with Crippen LogP contribution in [0.5, 0.6) is 0 Å². The van der Waals surface area contributed by atoms with Crippen molar-refractivity contribution in [1.82, 2.24) is 5.32 Å². The summed E-state index contributed by atoms with van der Waals surface area (Å²) >= 11 is 0. The number of carbonyl (C=O) groups is 2. The average Bonchev–Trinajstić information content (AvgIpc) is 2.52. The molecule has 1 atom stereocenters. The molecular formula is C16H19F2NO4. The number of amides is 1. The van der Waals surface area contributed by atoms with E-state index in [0.29, 0.717) is 0 Å². The lowest BCUT2D eigenvalue weighted by molar-refractivity contribution is -0.141. The van der Waals surface area contributed by atoms with Gasteiger partial charge in [-0.15, -0.1) is 0 Å². The molecule has 126 valence electrons. The molecule has 1 aliphatic heterocycles. The van der Waals surface area contributed by atoms with Crippen LogP contribution in [0.3, 0.4) is 0 Å². The molecular weight excluding hydrogens is 308 g/mol. The fourth-order valence-electron chi connectivity index (χ4n) is 2.72. The fourth-order valence-corrected chi connectivity index (χ4v) is 2.72. The Morgan fingerprint density at radius 1 is 1.35 bits per heavy atom. The fraction of sp³-hybridized carbons (Fsp3) is 0.500. The number of halogens is 2. The molecule has 1 fully saturated rings. The highest BCUT2D eigenvalue weighted by atomic mass is 19.1. The van der Waals surface area contributed by atoms with E-state index in [2.05, 4.69) is 5.32 Å². The quantitative estimate of drug-likeness (QED) is 0.865. The van der Waals surface area contributed by atoms with Gasteiger partial charge in [0, 0.05) is 31.4 Å². The third-order valence-corrected chi connectivity index (χ3v) is 4.22. The predicted molar refractivity (Wildman–Crippen MR) is 77.9 cm³/mol. The molecule has 0 aliphatic carbocycles. The number of carboxylic acids is 1. The number of nitrogens with one attached hydrogen (secondary N) is 1. The second-order valence-corrected chi connectivity index (χ2v) is 5.77. The van der Waals surface area contributed by atoms with Gasteiger partial charge >= 0.3 is 5.97 Å². The van der Waals surface area contributed by atoms with Crippen molar-refractivity contribution < 1.29 is 28.2 Å². The Labute approximate surface area is 132 Å². The molecule has 23 heavy (non-hydrogen) atoms. The van der Waals surface area contributed by atoms with Crippen molar-refractivity contribution in [2.45, 2.75) is 25.2 Å². The van der Waals surface area contributed by atoms with E-state index in [4.69, 9.17) is 9.84 Å². The molecule has 2 rings (SSSR count). The number of carbonyl (C=O) groups excluding carboxylic acids is 1. The SMILES string of the molecule is C[C@H](CNC(=O)C1(c2ccc(F)cc2F)CCOCC1)C(=O)O. The van der Waals surface area contributed by atoms with Crippen LogP contribution in [0.4, 0.5) is 8.78 Å². The molecule has 1 aromatic rings. The summed E-state index contributed by atoms with van der Waals surface area (Å²) in [4.78, 5) is 23.5. The normalized spacial score (nSPS) is 18.2. The molecule has 1 heterocycles. The van der Waals surface area contributed by atoms with Crippen LogP contribution in [0.15, 0.2) is 18.2 Å². The largest absolute Gasteiger partial charge is 0.481 e. The third-order valence-electron chi connectivity index (χ3n) is 4.22. The van der Waals surface area contributed by atoms with Crippen LogP contribution in [0, 0.1) is 17.6 Å². The van der Waals surface area contributed by atoms with Gasteiger partial charge in [-0.3, -0.25) is 9.59 Å². The minimum Gasteiger partial charge on any atom is -0.481 e. The molecule has 0 saturated carbocycles. The molecule has 1 aliphatic rings. The summed E-state index contributed by atoms with van der Waals surface area (Å²) in [6.45, 7) is 1.97. The highest BCUT2D eigenvalue weighted by molar-refractivity contribution is 5.88. The Hall–Kier alpha value is -2.02. The zero-order valence-corrected chi connectivity index (χ0v) is 12.8. The maximum absolute atomic E-state index is 14.2. The van der Waals surface area contributed by atoms with Gasteiger partial charge in [-0.1, -0.05) is 13.0 Å². The van der Waals surface area contributed by atoms with Crippen molar-refractivity contribution in [3.8, 4) is 0 Å². The first kappa shape index (κ1) is 17.3. The number of hydrogen-bond acceptors (Lipinski definition) is 3. The summed E-state index contributed by atoms with van der Waals surface area (Å²) < 4.78 is 32.6. The second-order valence-electron chi connectivity index (χ2n) is 5.77. The lowest BCUT2D eigenvalue weighted by Gasteiger charge is -2.36. The summed E-state index contributed by atoms with van der Waals surface area (Å²) in [5.74, 6) is -3.74. The van der Waals surface area contributed by atoms with E-state index >= 15 is 0 Å². The molecule has 5 nitrogen and oxygen atoms in total. The topological polar surface area (TPSA) is 75.6 Å². The van der Waals surface area contributed by atoms with Crippen LogP contribution in [-0.4, -0.2) is 36.7 Å². The van der Waals surface area contributed by atoms with Gasteiger partial charge in [0.1, 0.15) is 11.6 Å². The van der Waals surface area contributed by atoms with Gasteiger partial charge in [-0.2, -0.15) is 0 Å². The number of aliphatic carboxylic acids is 1. The van der Waals surface area contributed by atoms with Crippen molar-refractivity contribution in [1.29, 1.82) is 0 Å². The van der Waals surface area contributed by atoms with Gasteiger partial charge in [0.25, 0.3) is 0 Å². The summed E-state index contributed by atoms with van der Waals surface area (Å²) in [5, 5.41) is 11.5. The van der Waals surface area contributed by atoms with E-state index in [9.17, 15) is 18.4 Å². The molecule has 0 aromatic heterocycles. The first-order valence-electron chi connectivity index (χ1n) is 7.41. The minimum absolute atomic E-state index is 0.0560. The van der Waals surface area contributed by atoms with E-state index in [-0.39, 0.29) is 38.2 Å². The van der Waals surface area contributed by atoms with E-state index in [0.717, 1.165) is 12.1 Å². The zero-order valence-electron chi connectivity index (χ0n) is 12.8. The third kappa shape index (κ3) is 3.67. The average molecular weight is 327 g/mol. The maximum atomic E-state index is 14.2. The number of ether oxygens (including phenoxy) is 1. The van der Waals surface area contributed by atoms with Gasteiger partial charge in [0.2, 0.25) is 5.91 Å². The van der Waals surface area contributed by atoms with Gasteiger partial charge in [-0.25, -0.2) is 8.78 Å². The zero-order chi connectivity index (χ0) is 17.0. The molecule has 1 saturated heterocycles. The second kappa shape index (κ2) is 7.04. The number of rotatable bonds is 5. The van der Waals surface area contributed by atoms with E-state index in [1.54, 1.807) is 0 Å². The number of carboxylic acid groups (broad SMARTS) is 1. The van der Waals surface area contributed by atoms with E-state index < -0.39 is 34.8 Å². The summed E-state index contributed by atoms with van der Waals surface area (Å²) in [6.07, 6.45) is 0.506. The first-order valence-corrected chi connectivity index (χ1v) is 7.41. The van der Waals surface area contributed by atoms with Crippen molar-refractivity contribution >= 4 is 11.9 Å². The van der Waals surface area contributed by atoms with Crippen LogP contribution in [0.1, 0.15) is 25.3 Å². The van der Waals surface area contributed by atoms with Crippen LogP contribution in [0.25, 0.3) is 0 Å². The molecule has 0 bridgehead atoms. The Morgan fingerprint density at radius 3 is 2.57 bits per heavy atom. The lowest BCUT2D eigenvalue weighted by Crippen LogP contribution is -2.49. The van der Waals surface area contributed by atoms with Crippen molar-refractivity contribution in [3.05, 3.63) is 35.4 Å². The van der Waals surface area contributed by atoms with Crippen molar-refractivity contribution in [3.63, 3.8) is 0 Å². The van der Waals surface area contributed by atoms with E-state index in [1.807, 2.05) is 0 Å². The summed E-state index contributed by atoms with van der Waals surface area (Å²) in [7, 11) is 0. The standard InChI is InChI=1S/C16H19F2NO4/c1-10(14(20)21)9-19-15(22)16(4-6-23-7-5-16)12-3-2-11(17)8-13(12)18/h2-3,8,10H,4-7,9H2,1H3,(H,19,22)(H,20,21)/t10-/m1/s1. The Kier molecular flexibility index (Phi) is 5.30. The number of hydrogen-bond donors (Lipinski definition) is 2. The lowest BCUT2D eigenvalue weighted by atomic mass is 9.73. The van der Waals surface area contributed by atoms with Crippen molar-refractivity contribution in [2.75, 3.05) is 19.8 Å². The first-order chi connectivity index (χ1) is 10.9. The maximum Gasteiger partial charge on any atom is 0.308 e. The molecule has 0 spiro atoms. The van der Waals surface area contributed by atoms with Gasteiger partial charge in [0.05, 0.1) is 11.3 Å². The van der Waals surface area contributed by atoms with Crippen LogP contribution < -0.4 is 5.32 Å².